The van der Waals surface area contributed by atoms with Crippen LogP contribution in [0.4, 0.5) is 0 Å². The Morgan fingerprint density at radius 2 is 2.00 bits per heavy atom. The van der Waals surface area contributed by atoms with Crippen molar-refractivity contribution in [1.29, 1.82) is 0 Å². The minimum atomic E-state index is -0.402. The van der Waals surface area contributed by atoms with E-state index in [1.807, 2.05) is 20.8 Å². The number of nitrogens with one attached hydrogen (secondary N) is 1. The molecular weight excluding hydrogens is 190 g/mol. The van der Waals surface area contributed by atoms with Crippen LogP contribution in [0.25, 0.3) is 0 Å². The maximum Gasteiger partial charge on any atom is 0.0898 e. The van der Waals surface area contributed by atoms with Gasteiger partial charge in [-0.3, -0.25) is 0 Å². The van der Waals surface area contributed by atoms with Crippen LogP contribution in [0.15, 0.2) is 0 Å². The summed E-state index contributed by atoms with van der Waals surface area (Å²) in [6.45, 7) is 11.5. The molecule has 2 N–H and O–H groups in total. The van der Waals surface area contributed by atoms with Gasteiger partial charge < -0.3 is 15.2 Å². The number of aliphatic hydroxyl groups is 1. The Kier molecular flexibility index (Phi) is 3.80. The monoisotopic (exact) mass is 215 g/mol. The van der Waals surface area contributed by atoms with Gasteiger partial charge in [-0.1, -0.05) is 13.8 Å². The molecule has 0 spiro atoms. The van der Waals surface area contributed by atoms with Crippen molar-refractivity contribution in [3.63, 3.8) is 0 Å². The third-order valence-electron chi connectivity index (χ3n) is 2.82. The zero-order valence-corrected chi connectivity index (χ0v) is 10.6. The van der Waals surface area contributed by atoms with E-state index >= 15 is 0 Å². The molecular formula is C12H25NO2. The third kappa shape index (κ3) is 4.96. The second-order valence-electron chi connectivity index (χ2n) is 6.23. The summed E-state index contributed by atoms with van der Waals surface area (Å²) in [5.41, 5.74) is 0.254. The molecule has 0 aromatic heterocycles. The van der Waals surface area contributed by atoms with Gasteiger partial charge in [0.2, 0.25) is 0 Å². The molecule has 0 aliphatic heterocycles. The SMILES string of the molecule is CC(C)(C)OCC(O)CNC1CC1(C)C. The van der Waals surface area contributed by atoms with E-state index in [0.29, 0.717) is 24.6 Å². The first-order chi connectivity index (χ1) is 6.71. The van der Waals surface area contributed by atoms with Gasteiger partial charge in [-0.2, -0.15) is 0 Å². The number of ether oxygens (including phenoxy) is 1. The molecule has 0 heterocycles. The van der Waals surface area contributed by atoms with Crippen LogP contribution in [0.1, 0.15) is 41.0 Å². The number of rotatable bonds is 5. The second kappa shape index (κ2) is 4.40. The number of aliphatic hydroxyl groups excluding tert-OH is 1. The first kappa shape index (κ1) is 12.9. The highest BCUT2D eigenvalue weighted by molar-refractivity contribution is 5.01. The van der Waals surface area contributed by atoms with Gasteiger partial charge >= 0.3 is 0 Å². The molecule has 1 aliphatic carbocycles. The van der Waals surface area contributed by atoms with Gasteiger partial charge in [0.05, 0.1) is 18.3 Å². The fraction of sp³-hybridized carbons (Fsp3) is 1.00. The summed E-state index contributed by atoms with van der Waals surface area (Å²) in [6, 6.07) is 0.571. The van der Waals surface area contributed by atoms with Crippen molar-refractivity contribution in [2.75, 3.05) is 13.2 Å². The summed E-state index contributed by atoms with van der Waals surface area (Å²) in [5, 5.41) is 13.0. The standard InChI is InChI=1S/C12H25NO2/c1-11(2,3)15-8-9(14)7-13-10-6-12(10,4)5/h9-10,13-14H,6-8H2,1-5H3. The molecule has 3 heteroatoms. The lowest BCUT2D eigenvalue weighted by atomic mass is 10.2. The van der Waals surface area contributed by atoms with Crippen LogP contribution < -0.4 is 5.32 Å². The summed E-state index contributed by atoms with van der Waals surface area (Å²) in [5.74, 6) is 0. The van der Waals surface area contributed by atoms with Crippen molar-refractivity contribution in [3.05, 3.63) is 0 Å². The van der Waals surface area contributed by atoms with Crippen molar-refractivity contribution in [1.82, 2.24) is 5.32 Å². The molecule has 1 aliphatic rings. The van der Waals surface area contributed by atoms with E-state index in [1.54, 1.807) is 0 Å². The second-order valence-corrected chi connectivity index (χ2v) is 6.23. The summed E-state index contributed by atoms with van der Waals surface area (Å²) in [6.07, 6.45) is 0.806. The minimum absolute atomic E-state index is 0.167. The van der Waals surface area contributed by atoms with E-state index < -0.39 is 6.10 Å². The topological polar surface area (TPSA) is 41.5 Å². The smallest absolute Gasteiger partial charge is 0.0898 e. The van der Waals surface area contributed by atoms with Crippen LogP contribution in [0.3, 0.4) is 0 Å². The van der Waals surface area contributed by atoms with Crippen LogP contribution in [0, 0.1) is 5.41 Å². The lowest BCUT2D eigenvalue weighted by Crippen LogP contribution is -2.35. The van der Waals surface area contributed by atoms with Gasteiger partial charge in [-0.05, 0) is 32.6 Å². The average Bonchev–Trinajstić information content (AvgIpc) is 2.66. The quantitative estimate of drug-likeness (QED) is 0.731. The van der Waals surface area contributed by atoms with Crippen LogP contribution in [-0.2, 0) is 4.74 Å². The predicted octanol–water partition coefficient (Wildman–Crippen LogP) is 1.55. The van der Waals surface area contributed by atoms with E-state index in [9.17, 15) is 5.11 Å². The van der Waals surface area contributed by atoms with Gasteiger partial charge in [0.1, 0.15) is 0 Å². The van der Waals surface area contributed by atoms with Gasteiger partial charge in [-0.15, -0.1) is 0 Å². The summed E-state index contributed by atoms with van der Waals surface area (Å²) >= 11 is 0. The van der Waals surface area contributed by atoms with Crippen LogP contribution in [0.2, 0.25) is 0 Å². The van der Waals surface area contributed by atoms with Gasteiger partial charge in [-0.25, -0.2) is 0 Å². The molecule has 1 rings (SSSR count). The molecule has 0 bridgehead atoms. The zero-order chi connectivity index (χ0) is 11.7. The Morgan fingerprint density at radius 1 is 1.47 bits per heavy atom. The molecule has 90 valence electrons. The predicted molar refractivity (Wildman–Crippen MR) is 61.9 cm³/mol. The van der Waals surface area contributed by atoms with E-state index in [-0.39, 0.29) is 5.60 Å². The van der Waals surface area contributed by atoms with E-state index in [0.717, 1.165) is 0 Å². The van der Waals surface area contributed by atoms with Crippen molar-refractivity contribution < 1.29 is 9.84 Å². The molecule has 2 unspecified atom stereocenters. The van der Waals surface area contributed by atoms with Crippen molar-refractivity contribution in [3.8, 4) is 0 Å². The molecule has 0 radical (unpaired) electrons. The van der Waals surface area contributed by atoms with E-state index in [4.69, 9.17) is 4.74 Å². The highest BCUT2D eigenvalue weighted by Crippen LogP contribution is 2.44. The molecule has 1 fully saturated rings. The molecule has 1 saturated carbocycles. The fourth-order valence-corrected chi connectivity index (χ4v) is 1.50. The van der Waals surface area contributed by atoms with Gasteiger partial charge in [0.15, 0.2) is 0 Å². The Bertz CT molecular complexity index is 208. The Balaban J connectivity index is 2.07. The van der Waals surface area contributed by atoms with Crippen molar-refractivity contribution in [2.45, 2.75) is 58.8 Å². The number of hydrogen-bond acceptors (Lipinski definition) is 3. The van der Waals surface area contributed by atoms with Crippen LogP contribution in [0.5, 0.6) is 0 Å². The first-order valence-electron chi connectivity index (χ1n) is 5.76. The lowest BCUT2D eigenvalue weighted by Gasteiger charge is -2.22. The van der Waals surface area contributed by atoms with Crippen LogP contribution >= 0.6 is 0 Å². The molecule has 3 nitrogen and oxygen atoms in total. The average molecular weight is 215 g/mol. The summed E-state index contributed by atoms with van der Waals surface area (Å²) in [7, 11) is 0. The minimum Gasteiger partial charge on any atom is -0.389 e. The van der Waals surface area contributed by atoms with Gasteiger partial charge in [0, 0.05) is 12.6 Å². The molecule has 2 atom stereocenters. The Labute approximate surface area is 93.2 Å². The maximum absolute atomic E-state index is 9.67. The highest BCUT2D eigenvalue weighted by atomic mass is 16.5. The van der Waals surface area contributed by atoms with Gasteiger partial charge in [0.25, 0.3) is 0 Å². The largest absolute Gasteiger partial charge is 0.389 e. The van der Waals surface area contributed by atoms with E-state index in [2.05, 4.69) is 19.2 Å². The molecule has 15 heavy (non-hydrogen) atoms. The molecule has 0 aromatic carbocycles. The summed E-state index contributed by atoms with van der Waals surface area (Å²) < 4.78 is 5.51. The molecule has 0 amide bonds. The van der Waals surface area contributed by atoms with E-state index in [1.165, 1.54) is 6.42 Å². The van der Waals surface area contributed by atoms with Crippen molar-refractivity contribution >= 4 is 0 Å². The van der Waals surface area contributed by atoms with Crippen molar-refractivity contribution in [2.24, 2.45) is 5.41 Å². The third-order valence-corrected chi connectivity index (χ3v) is 2.82. The Morgan fingerprint density at radius 3 is 2.40 bits per heavy atom. The normalized spacial score (nSPS) is 26.4. The maximum atomic E-state index is 9.67. The molecule has 0 aromatic rings. The van der Waals surface area contributed by atoms with Crippen LogP contribution in [-0.4, -0.2) is 36.0 Å². The Hall–Kier alpha value is -0.120. The fourth-order valence-electron chi connectivity index (χ4n) is 1.50. The molecule has 0 saturated heterocycles. The number of hydrogen-bond donors (Lipinski definition) is 2. The zero-order valence-electron chi connectivity index (χ0n) is 10.6. The lowest BCUT2D eigenvalue weighted by molar-refractivity contribution is -0.0480. The summed E-state index contributed by atoms with van der Waals surface area (Å²) in [4.78, 5) is 0. The highest BCUT2D eigenvalue weighted by Gasteiger charge is 2.45. The first-order valence-corrected chi connectivity index (χ1v) is 5.76.